The molecule has 0 saturated carbocycles. The van der Waals surface area contributed by atoms with Crippen molar-refractivity contribution >= 4 is 55.3 Å². The summed E-state index contributed by atoms with van der Waals surface area (Å²) in [5.74, 6) is 2.39. The molecule has 2 aromatic heterocycles. The average Bonchev–Trinajstić information content (AvgIpc) is 3.67. The van der Waals surface area contributed by atoms with Crippen LogP contribution in [0.3, 0.4) is 0 Å². The highest BCUT2D eigenvalue weighted by atomic mass is 16.5. The lowest BCUT2D eigenvalue weighted by molar-refractivity contribution is 0.303. The van der Waals surface area contributed by atoms with E-state index < -0.39 is 0 Å². The molecule has 4 aromatic carbocycles. The lowest BCUT2D eigenvalue weighted by Crippen LogP contribution is -2.16. The van der Waals surface area contributed by atoms with Crippen molar-refractivity contribution in [2.24, 2.45) is 0 Å². The topological polar surface area (TPSA) is 60.0 Å². The third-order valence-corrected chi connectivity index (χ3v) is 7.14. The zero-order valence-electron chi connectivity index (χ0n) is 20.5. The van der Waals surface area contributed by atoms with Gasteiger partial charge in [-0.05, 0) is 36.4 Å². The summed E-state index contributed by atoms with van der Waals surface area (Å²) in [6.07, 6.45) is 9.54. The van der Waals surface area contributed by atoms with Crippen LogP contribution in [0.4, 0.5) is 11.4 Å². The van der Waals surface area contributed by atoms with Gasteiger partial charge in [0.15, 0.2) is 17.9 Å². The zero-order chi connectivity index (χ0) is 25.2. The van der Waals surface area contributed by atoms with Gasteiger partial charge in [-0.15, -0.1) is 0 Å². The number of hydrogen-bond acceptors (Lipinski definition) is 6. The molecule has 6 aromatic rings. The highest BCUT2D eigenvalue weighted by Crippen LogP contribution is 2.43. The van der Waals surface area contributed by atoms with Crippen molar-refractivity contribution in [3.63, 3.8) is 0 Å². The number of nitrogens with one attached hydrogen (secondary N) is 1. The summed E-state index contributed by atoms with van der Waals surface area (Å²) >= 11 is 0. The number of ether oxygens (including phenoxy) is 2. The van der Waals surface area contributed by atoms with Crippen LogP contribution >= 0.6 is 0 Å². The van der Waals surface area contributed by atoms with Crippen LogP contribution in [-0.2, 0) is 0 Å². The molecule has 1 unspecified atom stereocenters. The van der Waals surface area contributed by atoms with E-state index in [2.05, 4.69) is 23.5 Å². The van der Waals surface area contributed by atoms with E-state index in [1.165, 1.54) is 0 Å². The van der Waals surface area contributed by atoms with Crippen LogP contribution in [0, 0.1) is 0 Å². The van der Waals surface area contributed by atoms with Crippen LogP contribution in [-0.4, -0.2) is 13.3 Å². The Bertz CT molecular complexity index is 1990. The average molecular weight is 499 g/mol. The Labute approximate surface area is 217 Å². The summed E-state index contributed by atoms with van der Waals surface area (Å²) < 4.78 is 24.3. The van der Waals surface area contributed by atoms with Crippen LogP contribution in [0.2, 0.25) is 0 Å². The van der Waals surface area contributed by atoms with Crippen molar-refractivity contribution < 1.29 is 18.3 Å². The Kier molecular flexibility index (Phi) is 4.40. The first-order chi connectivity index (χ1) is 18.7. The van der Waals surface area contributed by atoms with Gasteiger partial charge in [0.1, 0.15) is 28.1 Å². The van der Waals surface area contributed by atoms with E-state index in [-0.39, 0.29) is 6.23 Å². The molecule has 0 fully saturated rings. The molecule has 0 bridgehead atoms. The maximum atomic E-state index is 6.15. The smallest absolute Gasteiger partial charge is 0.200 e. The Hall–Kier alpha value is -5.10. The molecule has 2 aliphatic heterocycles. The predicted molar refractivity (Wildman–Crippen MR) is 151 cm³/mol. The number of nitrogens with zero attached hydrogens (tertiary/aromatic N) is 1. The van der Waals surface area contributed by atoms with E-state index in [1.807, 2.05) is 96.9 Å². The summed E-state index contributed by atoms with van der Waals surface area (Å²) in [5, 5.41) is 7.68. The van der Waals surface area contributed by atoms with Crippen molar-refractivity contribution in [2.45, 2.75) is 6.23 Å². The molecule has 38 heavy (non-hydrogen) atoms. The highest BCUT2D eigenvalue weighted by molar-refractivity contribution is 6.08. The third-order valence-electron chi connectivity index (χ3n) is 7.14. The number of hydrogen-bond donors (Lipinski definition) is 1. The van der Waals surface area contributed by atoms with Gasteiger partial charge in [-0.3, -0.25) is 0 Å². The minimum Gasteiger partial charge on any atom is -0.465 e. The molecule has 184 valence electrons. The number of rotatable bonds is 3. The highest BCUT2D eigenvalue weighted by Gasteiger charge is 2.25. The number of allylic oxidation sites excluding steroid dienone is 4. The Morgan fingerprint density at radius 1 is 0.711 bits per heavy atom. The van der Waals surface area contributed by atoms with Crippen LogP contribution in [0.15, 0.2) is 118 Å². The third kappa shape index (κ3) is 3.20. The zero-order valence-corrected chi connectivity index (χ0v) is 20.5. The molecule has 4 heterocycles. The second-order valence-corrected chi connectivity index (χ2v) is 9.48. The largest absolute Gasteiger partial charge is 0.465 e. The van der Waals surface area contributed by atoms with Gasteiger partial charge in [-0.25, -0.2) is 0 Å². The predicted octanol–water partition coefficient (Wildman–Crippen LogP) is 8.10. The summed E-state index contributed by atoms with van der Waals surface area (Å²) in [7, 11) is 1.99. The van der Waals surface area contributed by atoms with Gasteiger partial charge in [0.05, 0.1) is 11.4 Å². The molecule has 8 rings (SSSR count). The number of benzene rings is 4. The number of anilines is 2. The normalized spacial score (nSPS) is 17.8. The molecule has 0 saturated heterocycles. The molecule has 0 amide bonds. The molecule has 1 atom stereocenters. The molecule has 6 nitrogen and oxygen atoms in total. The number of fused-ring (bicyclic) bond motifs is 8. The van der Waals surface area contributed by atoms with E-state index in [0.29, 0.717) is 0 Å². The molecular formula is C32H22N2O4. The Balaban J connectivity index is 0.976. The quantitative estimate of drug-likeness (QED) is 0.249. The van der Waals surface area contributed by atoms with Crippen molar-refractivity contribution in [1.82, 2.24) is 0 Å². The lowest BCUT2D eigenvalue weighted by atomic mass is 10.1. The van der Waals surface area contributed by atoms with Gasteiger partial charge in [-0.2, -0.15) is 0 Å². The van der Waals surface area contributed by atoms with E-state index in [9.17, 15) is 0 Å². The molecule has 0 spiro atoms. The van der Waals surface area contributed by atoms with Crippen molar-refractivity contribution in [2.75, 3.05) is 17.3 Å². The van der Waals surface area contributed by atoms with Crippen LogP contribution in [0.25, 0.3) is 43.9 Å². The van der Waals surface area contributed by atoms with Crippen molar-refractivity contribution in [3.8, 4) is 11.5 Å². The first-order valence-electron chi connectivity index (χ1n) is 12.5. The maximum absolute atomic E-state index is 6.15. The lowest BCUT2D eigenvalue weighted by Gasteiger charge is -2.09. The molecular weight excluding hydrogens is 476 g/mol. The van der Waals surface area contributed by atoms with E-state index in [4.69, 9.17) is 18.3 Å². The van der Waals surface area contributed by atoms with Gasteiger partial charge in [0.25, 0.3) is 0 Å². The fourth-order valence-corrected chi connectivity index (χ4v) is 5.27. The van der Waals surface area contributed by atoms with Gasteiger partial charge in [0.2, 0.25) is 0 Å². The van der Waals surface area contributed by atoms with Gasteiger partial charge in [0, 0.05) is 40.7 Å². The fraction of sp³-hybridized carbons (Fsp3) is 0.0625. The molecule has 1 N–H and O–H groups in total. The molecule has 2 aliphatic rings. The van der Waals surface area contributed by atoms with Gasteiger partial charge in [-0.1, -0.05) is 54.6 Å². The Morgan fingerprint density at radius 3 is 2.16 bits per heavy atom. The van der Waals surface area contributed by atoms with Crippen molar-refractivity contribution in [3.05, 3.63) is 109 Å². The summed E-state index contributed by atoms with van der Waals surface area (Å²) in [5.41, 5.74) is 5.36. The van der Waals surface area contributed by atoms with E-state index in [1.54, 1.807) is 0 Å². The summed E-state index contributed by atoms with van der Waals surface area (Å²) in [6.45, 7) is 0. The molecule has 6 heteroatoms. The number of furan rings is 2. The van der Waals surface area contributed by atoms with Crippen molar-refractivity contribution in [1.29, 1.82) is 0 Å². The molecule has 0 aliphatic carbocycles. The van der Waals surface area contributed by atoms with Gasteiger partial charge < -0.3 is 28.5 Å². The first-order valence-corrected chi connectivity index (χ1v) is 12.5. The second-order valence-electron chi connectivity index (χ2n) is 9.48. The SMILES string of the molecule is CN1C(=CC=CC=CC2Nc3cc4oc5ccccc5c4cc3O2)Oc2cc3c(cc21)oc1ccccc13. The minimum absolute atomic E-state index is 0.250. The number of para-hydroxylation sites is 2. The maximum Gasteiger partial charge on any atom is 0.200 e. The second kappa shape index (κ2) is 7.95. The summed E-state index contributed by atoms with van der Waals surface area (Å²) in [4.78, 5) is 2.02. The first kappa shape index (κ1) is 21.0. The molecule has 0 radical (unpaired) electrons. The van der Waals surface area contributed by atoms with Gasteiger partial charge >= 0.3 is 0 Å². The fourth-order valence-electron chi connectivity index (χ4n) is 5.27. The Morgan fingerprint density at radius 2 is 1.39 bits per heavy atom. The van der Waals surface area contributed by atoms with Crippen LogP contribution in [0.1, 0.15) is 0 Å². The van der Waals surface area contributed by atoms with E-state index in [0.717, 1.165) is 72.6 Å². The van der Waals surface area contributed by atoms with E-state index >= 15 is 0 Å². The summed E-state index contributed by atoms with van der Waals surface area (Å²) in [6, 6.07) is 24.2. The minimum atomic E-state index is -0.250. The standard InChI is InChI=1S/C32H22N2O4/c1-34-24-18-28-22(20-10-6-8-12-26(20)36-28)16-30(24)38-32(34)14-4-2-3-13-31-33-23-17-27-21(15-29(23)37-31)19-9-5-7-11-25(19)35-27/h2-18,31,33H,1H3. The van der Waals surface area contributed by atoms with Crippen LogP contribution < -0.4 is 19.7 Å². The monoisotopic (exact) mass is 498 g/mol. The van der Waals surface area contributed by atoms with Crippen LogP contribution in [0.5, 0.6) is 11.5 Å².